The third-order valence-corrected chi connectivity index (χ3v) is 4.15. The normalized spacial score (nSPS) is 18.3. The molecule has 0 radical (unpaired) electrons. The van der Waals surface area contributed by atoms with Crippen LogP contribution in [0.1, 0.15) is 36.9 Å². The number of alkyl halides is 6. The van der Waals surface area contributed by atoms with E-state index in [9.17, 15) is 36.2 Å². The van der Waals surface area contributed by atoms with Gasteiger partial charge in [0.1, 0.15) is 5.69 Å². The highest BCUT2D eigenvalue weighted by molar-refractivity contribution is 5.76. The van der Waals surface area contributed by atoms with Crippen molar-refractivity contribution in [1.82, 2.24) is 9.88 Å². The average Bonchev–Trinajstić information content (AvgIpc) is 2.52. The van der Waals surface area contributed by atoms with Gasteiger partial charge >= 0.3 is 12.4 Å². The van der Waals surface area contributed by atoms with Crippen LogP contribution < -0.4 is 0 Å². The summed E-state index contributed by atoms with van der Waals surface area (Å²) >= 11 is 0. The van der Waals surface area contributed by atoms with Gasteiger partial charge in [0.2, 0.25) is 5.91 Å². The molecule has 0 bridgehead atoms. The summed E-state index contributed by atoms with van der Waals surface area (Å²) in [5, 5.41) is 10.6. The molecule has 0 aliphatic carbocycles. The number of aliphatic hydroxyl groups is 1. The van der Waals surface area contributed by atoms with Crippen molar-refractivity contribution in [3.63, 3.8) is 0 Å². The quantitative estimate of drug-likeness (QED) is 0.831. The van der Waals surface area contributed by atoms with Crippen molar-refractivity contribution < 1.29 is 36.2 Å². The standard InChI is InChI=1S/C15H16F6N2O2/c16-14(17,18)3-1-12(24)23-7-4-13(25,5-8-23)10-2-6-22-11(9-10)15(19,20)21/h2,6,9,25H,1,3-5,7-8H2. The largest absolute Gasteiger partial charge is 0.433 e. The Morgan fingerprint density at radius 1 is 1.20 bits per heavy atom. The zero-order valence-electron chi connectivity index (χ0n) is 13.0. The van der Waals surface area contributed by atoms with E-state index in [-0.39, 0.29) is 31.5 Å². The fraction of sp³-hybridized carbons (Fsp3) is 0.600. The van der Waals surface area contributed by atoms with Crippen LogP contribution in [0.2, 0.25) is 0 Å². The van der Waals surface area contributed by atoms with Gasteiger partial charge in [-0.3, -0.25) is 9.78 Å². The molecule has 2 rings (SSSR count). The van der Waals surface area contributed by atoms with Crippen LogP contribution in [0.5, 0.6) is 0 Å². The first-order valence-corrected chi connectivity index (χ1v) is 7.51. The predicted octanol–water partition coefficient (Wildman–Crippen LogP) is 3.25. The second-order valence-electron chi connectivity index (χ2n) is 5.96. The van der Waals surface area contributed by atoms with Gasteiger partial charge in [-0.15, -0.1) is 0 Å². The summed E-state index contributed by atoms with van der Waals surface area (Å²) in [7, 11) is 0. The van der Waals surface area contributed by atoms with Gasteiger partial charge in [-0.2, -0.15) is 26.3 Å². The van der Waals surface area contributed by atoms with E-state index in [2.05, 4.69) is 4.98 Å². The fourth-order valence-corrected chi connectivity index (χ4v) is 2.70. The summed E-state index contributed by atoms with van der Waals surface area (Å²) in [5.41, 5.74) is -2.69. The Balaban J connectivity index is 2.02. The monoisotopic (exact) mass is 370 g/mol. The lowest BCUT2D eigenvalue weighted by molar-refractivity contribution is -0.151. The van der Waals surface area contributed by atoms with Gasteiger partial charge in [0, 0.05) is 25.7 Å². The molecule has 2 heterocycles. The lowest BCUT2D eigenvalue weighted by Gasteiger charge is -2.38. The van der Waals surface area contributed by atoms with Crippen LogP contribution in [0, 0.1) is 0 Å². The summed E-state index contributed by atoms with van der Waals surface area (Å²) in [6, 6.07) is 2.01. The lowest BCUT2D eigenvalue weighted by atomic mass is 9.84. The van der Waals surface area contributed by atoms with E-state index in [4.69, 9.17) is 0 Å². The number of amides is 1. The molecule has 1 aromatic rings. The summed E-state index contributed by atoms with van der Waals surface area (Å²) in [6.45, 7) is -0.0618. The van der Waals surface area contributed by atoms with Crippen molar-refractivity contribution in [2.45, 2.75) is 43.6 Å². The van der Waals surface area contributed by atoms with Gasteiger partial charge in [0.05, 0.1) is 12.0 Å². The number of halogens is 6. The maximum Gasteiger partial charge on any atom is 0.433 e. The van der Waals surface area contributed by atoms with Crippen LogP contribution in [0.15, 0.2) is 18.3 Å². The fourth-order valence-electron chi connectivity index (χ4n) is 2.70. The molecule has 25 heavy (non-hydrogen) atoms. The summed E-state index contributed by atoms with van der Waals surface area (Å²) in [5.74, 6) is -0.690. The number of carbonyl (C=O) groups excluding carboxylic acids is 1. The molecule has 0 saturated carbocycles. The molecule has 4 nitrogen and oxygen atoms in total. The van der Waals surface area contributed by atoms with Crippen LogP contribution in [0.25, 0.3) is 0 Å². The van der Waals surface area contributed by atoms with E-state index in [0.29, 0.717) is 0 Å². The zero-order chi connectivity index (χ0) is 18.9. The number of piperidine rings is 1. The number of hydrogen-bond acceptors (Lipinski definition) is 3. The van der Waals surface area contributed by atoms with E-state index in [1.165, 1.54) is 11.0 Å². The van der Waals surface area contributed by atoms with Gasteiger partial charge in [-0.25, -0.2) is 0 Å². The Labute approximate surface area is 139 Å². The van der Waals surface area contributed by atoms with Crippen LogP contribution in [0.4, 0.5) is 26.3 Å². The van der Waals surface area contributed by atoms with Crippen molar-refractivity contribution in [3.05, 3.63) is 29.6 Å². The summed E-state index contributed by atoms with van der Waals surface area (Å²) in [4.78, 5) is 16.2. The molecule has 1 aromatic heterocycles. The van der Waals surface area contributed by atoms with Gasteiger partial charge in [0.15, 0.2) is 0 Å². The van der Waals surface area contributed by atoms with E-state index in [1.54, 1.807) is 0 Å². The highest BCUT2D eigenvalue weighted by Crippen LogP contribution is 2.36. The number of nitrogens with zero attached hydrogens (tertiary/aromatic N) is 2. The van der Waals surface area contributed by atoms with E-state index in [0.717, 1.165) is 12.3 Å². The Morgan fingerprint density at radius 3 is 2.32 bits per heavy atom. The SMILES string of the molecule is O=C(CCC(F)(F)F)N1CCC(O)(c2ccnc(C(F)(F)F)c2)CC1. The van der Waals surface area contributed by atoms with Crippen LogP contribution in [-0.2, 0) is 16.6 Å². The minimum Gasteiger partial charge on any atom is -0.385 e. The molecule has 1 aliphatic heterocycles. The molecule has 1 amide bonds. The Bertz CT molecular complexity index is 621. The van der Waals surface area contributed by atoms with Crippen LogP contribution in [0.3, 0.4) is 0 Å². The first kappa shape index (κ1) is 19.5. The van der Waals surface area contributed by atoms with Gasteiger partial charge in [-0.1, -0.05) is 0 Å². The van der Waals surface area contributed by atoms with Crippen molar-refractivity contribution in [2.75, 3.05) is 13.1 Å². The van der Waals surface area contributed by atoms with E-state index in [1.807, 2.05) is 0 Å². The van der Waals surface area contributed by atoms with Crippen LogP contribution in [-0.4, -0.2) is 40.2 Å². The molecular formula is C15H16F6N2O2. The third-order valence-electron chi connectivity index (χ3n) is 4.15. The molecule has 1 aliphatic rings. The molecule has 1 fully saturated rings. The van der Waals surface area contributed by atoms with Gasteiger partial charge < -0.3 is 10.0 Å². The van der Waals surface area contributed by atoms with Gasteiger partial charge in [0.25, 0.3) is 0 Å². The zero-order valence-corrected chi connectivity index (χ0v) is 13.0. The molecule has 0 unspecified atom stereocenters. The predicted molar refractivity (Wildman–Crippen MR) is 74.2 cm³/mol. The Hall–Kier alpha value is -1.84. The highest BCUT2D eigenvalue weighted by Gasteiger charge is 2.39. The van der Waals surface area contributed by atoms with Crippen molar-refractivity contribution in [1.29, 1.82) is 0 Å². The second-order valence-corrected chi connectivity index (χ2v) is 5.96. The molecule has 0 aromatic carbocycles. The Morgan fingerprint density at radius 2 is 1.80 bits per heavy atom. The minimum absolute atomic E-state index is 0.0252. The molecule has 0 spiro atoms. The van der Waals surface area contributed by atoms with Crippen LogP contribution >= 0.6 is 0 Å². The minimum atomic E-state index is -4.65. The molecule has 140 valence electrons. The molecule has 0 atom stereocenters. The average molecular weight is 370 g/mol. The van der Waals surface area contributed by atoms with Crippen molar-refractivity contribution >= 4 is 5.91 Å². The number of rotatable bonds is 3. The second kappa shape index (κ2) is 6.81. The highest BCUT2D eigenvalue weighted by atomic mass is 19.4. The first-order chi connectivity index (χ1) is 11.4. The van der Waals surface area contributed by atoms with E-state index >= 15 is 0 Å². The maximum atomic E-state index is 12.7. The summed E-state index contributed by atoms with van der Waals surface area (Å²) < 4.78 is 74.6. The molecule has 1 saturated heterocycles. The number of likely N-dealkylation sites (tertiary alicyclic amines) is 1. The van der Waals surface area contributed by atoms with E-state index < -0.39 is 42.4 Å². The molecular weight excluding hydrogens is 354 g/mol. The molecule has 1 N–H and O–H groups in total. The number of pyridine rings is 1. The lowest BCUT2D eigenvalue weighted by Crippen LogP contribution is -2.45. The van der Waals surface area contributed by atoms with Crippen molar-refractivity contribution in [2.24, 2.45) is 0 Å². The van der Waals surface area contributed by atoms with Gasteiger partial charge in [-0.05, 0) is 30.5 Å². The molecule has 10 heteroatoms. The van der Waals surface area contributed by atoms with Crippen molar-refractivity contribution in [3.8, 4) is 0 Å². The number of aromatic nitrogens is 1. The third kappa shape index (κ3) is 5.07. The topological polar surface area (TPSA) is 53.4 Å². The smallest absolute Gasteiger partial charge is 0.385 e. The number of hydrogen-bond donors (Lipinski definition) is 1. The summed E-state index contributed by atoms with van der Waals surface area (Å²) in [6.07, 6.45) is -10.2. The first-order valence-electron chi connectivity index (χ1n) is 7.51. The maximum absolute atomic E-state index is 12.7. The number of carbonyl (C=O) groups is 1. The Kier molecular flexibility index (Phi) is 5.31.